The fourth-order valence-corrected chi connectivity index (χ4v) is 2.75. The van der Waals surface area contributed by atoms with Gasteiger partial charge in [0.15, 0.2) is 5.65 Å². The van der Waals surface area contributed by atoms with Gasteiger partial charge in [0.05, 0.1) is 11.9 Å². The number of pyridine rings is 2. The van der Waals surface area contributed by atoms with Gasteiger partial charge in [0.2, 0.25) is 0 Å². The number of halogens is 2. The van der Waals surface area contributed by atoms with Gasteiger partial charge in [-0.15, -0.1) is 0 Å². The maximum absolute atomic E-state index is 14.5. The maximum atomic E-state index is 14.5. The fourth-order valence-electron chi connectivity index (χ4n) is 2.75. The fraction of sp³-hybridized carbons (Fsp3) is 0.0526. The molecule has 0 N–H and O–H groups in total. The lowest BCUT2D eigenvalue weighted by Gasteiger charge is -2.10. The number of aromatic nitrogens is 4. The Balaban J connectivity index is 1.76. The molecule has 0 unspecified atom stereocenters. The van der Waals surface area contributed by atoms with Crippen LogP contribution in [0.2, 0.25) is 0 Å². The van der Waals surface area contributed by atoms with Crippen LogP contribution in [0, 0.1) is 11.6 Å². The van der Waals surface area contributed by atoms with Crippen LogP contribution in [0.1, 0.15) is 5.56 Å². The molecule has 0 saturated heterocycles. The zero-order chi connectivity index (χ0) is 18.1. The van der Waals surface area contributed by atoms with Crippen molar-refractivity contribution in [2.45, 2.75) is 6.54 Å². The molecule has 3 aromatic heterocycles. The van der Waals surface area contributed by atoms with Crippen molar-refractivity contribution < 1.29 is 8.78 Å². The van der Waals surface area contributed by atoms with Gasteiger partial charge >= 0.3 is 0 Å². The molecule has 26 heavy (non-hydrogen) atoms. The third-order valence-corrected chi connectivity index (χ3v) is 4.08. The van der Waals surface area contributed by atoms with Crippen molar-refractivity contribution in [1.29, 1.82) is 0 Å². The molecule has 0 atom stereocenters. The molecule has 4 rings (SSSR count). The molecule has 0 spiro atoms. The van der Waals surface area contributed by atoms with Gasteiger partial charge in [-0.3, -0.25) is 14.3 Å². The monoisotopic (exact) mass is 350 g/mol. The van der Waals surface area contributed by atoms with Gasteiger partial charge < -0.3 is 0 Å². The molecule has 0 amide bonds. The first-order valence-corrected chi connectivity index (χ1v) is 7.82. The number of fused-ring (bicyclic) bond motifs is 1. The second-order valence-corrected chi connectivity index (χ2v) is 5.71. The second kappa shape index (κ2) is 6.44. The summed E-state index contributed by atoms with van der Waals surface area (Å²) in [5, 5.41) is 0.296. The molecule has 4 aromatic rings. The Labute approximate surface area is 146 Å². The highest BCUT2D eigenvalue weighted by molar-refractivity contribution is 5.72. The van der Waals surface area contributed by atoms with E-state index >= 15 is 0 Å². The number of benzene rings is 1. The third-order valence-electron chi connectivity index (χ3n) is 4.08. The van der Waals surface area contributed by atoms with Crippen LogP contribution in [0.15, 0.2) is 66.1 Å². The summed E-state index contributed by atoms with van der Waals surface area (Å²) in [6.45, 7) is -0.259. The van der Waals surface area contributed by atoms with E-state index in [1.807, 2.05) is 0 Å². The van der Waals surface area contributed by atoms with Crippen LogP contribution >= 0.6 is 0 Å². The van der Waals surface area contributed by atoms with E-state index in [0.29, 0.717) is 22.2 Å². The van der Waals surface area contributed by atoms with Crippen LogP contribution < -0.4 is 5.56 Å². The molecule has 128 valence electrons. The maximum Gasteiger partial charge on any atom is 0.263 e. The first-order chi connectivity index (χ1) is 12.6. The first kappa shape index (κ1) is 16.0. The largest absolute Gasteiger partial charge is 0.294 e. The highest BCUT2D eigenvalue weighted by Crippen LogP contribution is 2.24. The van der Waals surface area contributed by atoms with Crippen LogP contribution in [0.5, 0.6) is 0 Å². The zero-order valence-corrected chi connectivity index (χ0v) is 13.4. The minimum atomic E-state index is -0.727. The molecule has 3 heterocycles. The molecule has 0 fully saturated rings. The Morgan fingerprint density at radius 2 is 1.65 bits per heavy atom. The standard InChI is InChI=1S/C19H12F2N4O/c20-16-8-13(12-3-6-22-7-4-12)9-17(21)15(16)10-25-11-24-18-14(19(25)26)2-1-5-23-18/h1-9,11H,10H2. The molecular formula is C19H12F2N4O. The minimum Gasteiger partial charge on any atom is -0.294 e. The summed E-state index contributed by atoms with van der Waals surface area (Å²) in [7, 11) is 0. The summed E-state index contributed by atoms with van der Waals surface area (Å²) in [5.74, 6) is -1.45. The van der Waals surface area contributed by atoms with E-state index in [-0.39, 0.29) is 12.1 Å². The van der Waals surface area contributed by atoms with E-state index in [1.54, 1.807) is 36.7 Å². The Bertz CT molecular complexity index is 1140. The average molecular weight is 350 g/mol. The van der Waals surface area contributed by atoms with Crippen LogP contribution in [0.25, 0.3) is 22.2 Å². The molecule has 5 nitrogen and oxygen atoms in total. The van der Waals surface area contributed by atoms with Crippen LogP contribution in [-0.4, -0.2) is 19.5 Å². The SMILES string of the molecule is O=c1c2cccnc2ncn1Cc1c(F)cc(-c2ccncc2)cc1F. The van der Waals surface area contributed by atoms with Crippen molar-refractivity contribution in [1.82, 2.24) is 19.5 Å². The lowest BCUT2D eigenvalue weighted by atomic mass is 10.0. The van der Waals surface area contributed by atoms with E-state index in [1.165, 1.54) is 24.7 Å². The molecule has 0 aliphatic carbocycles. The molecular weight excluding hydrogens is 338 g/mol. The van der Waals surface area contributed by atoms with Crippen molar-refractivity contribution >= 4 is 11.0 Å². The van der Waals surface area contributed by atoms with Gasteiger partial charge in [-0.05, 0) is 47.5 Å². The van der Waals surface area contributed by atoms with Crippen molar-refractivity contribution in [2.24, 2.45) is 0 Å². The normalized spacial score (nSPS) is 11.0. The smallest absolute Gasteiger partial charge is 0.263 e. The average Bonchev–Trinajstić information content (AvgIpc) is 2.67. The lowest BCUT2D eigenvalue weighted by molar-refractivity contribution is 0.541. The highest BCUT2D eigenvalue weighted by atomic mass is 19.1. The zero-order valence-electron chi connectivity index (χ0n) is 13.4. The van der Waals surface area contributed by atoms with E-state index in [4.69, 9.17) is 0 Å². The summed E-state index contributed by atoms with van der Waals surface area (Å²) in [4.78, 5) is 24.4. The first-order valence-electron chi connectivity index (χ1n) is 7.82. The molecule has 1 aromatic carbocycles. The van der Waals surface area contributed by atoms with E-state index in [9.17, 15) is 13.6 Å². The third kappa shape index (κ3) is 2.83. The Kier molecular flexibility index (Phi) is 3.96. The molecule has 0 saturated carbocycles. The topological polar surface area (TPSA) is 60.7 Å². The Morgan fingerprint density at radius 1 is 0.923 bits per heavy atom. The van der Waals surface area contributed by atoms with Crippen molar-refractivity contribution in [3.05, 3.63) is 88.9 Å². The molecule has 7 heteroatoms. The van der Waals surface area contributed by atoms with Gasteiger partial charge in [0, 0.05) is 24.2 Å². The van der Waals surface area contributed by atoms with Gasteiger partial charge in [-0.2, -0.15) is 0 Å². The van der Waals surface area contributed by atoms with E-state index in [2.05, 4.69) is 15.0 Å². The van der Waals surface area contributed by atoms with Crippen LogP contribution in [-0.2, 0) is 6.54 Å². The highest BCUT2D eigenvalue weighted by Gasteiger charge is 2.14. The molecule has 0 bridgehead atoms. The second-order valence-electron chi connectivity index (χ2n) is 5.71. The molecule has 0 aliphatic rings. The van der Waals surface area contributed by atoms with Crippen molar-refractivity contribution in [2.75, 3.05) is 0 Å². The van der Waals surface area contributed by atoms with Crippen molar-refractivity contribution in [3.63, 3.8) is 0 Å². The van der Waals surface area contributed by atoms with Gasteiger partial charge in [0.25, 0.3) is 5.56 Å². The van der Waals surface area contributed by atoms with Crippen molar-refractivity contribution in [3.8, 4) is 11.1 Å². The van der Waals surface area contributed by atoms with E-state index in [0.717, 1.165) is 4.57 Å². The lowest BCUT2D eigenvalue weighted by Crippen LogP contribution is -2.22. The van der Waals surface area contributed by atoms with Crippen LogP contribution in [0.3, 0.4) is 0 Å². The predicted molar refractivity (Wildman–Crippen MR) is 92.5 cm³/mol. The predicted octanol–water partition coefficient (Wildman–Crippen LogP) is 3.18. The van der Waals surface area contributed by atoms with Gasteiger partial charge in [-0.1, -0.05) is 0 Å². The molecule has 0 radical (unpaired) electrons. The summed E-state index contributed by atoms with van der Waals surface area (Å²) < 4.78 is 30.2. The number of hydrogen-bond donors (Lipinski definition) is 0. The Hall–Kier alpha value is -3.48. The quantitative estimate of drug-likeness (QED) is 0.569. The van der Waals surface area contributed by atoms with Gasteiger partial charge in [0.1, 0.15) is 18.0 Å². The number of rotatable bonds is 3. The summed E-state index contributed by atoms with van der Waals surface area (Å²) in [6.07, 6.45) is 5.87. The molecule has 0 aliphatic heterocycles. The van der Waals surface area contributed by atoms with Crippen LogP contribution in [0.4, 0.5) is 8.78 Å². The van der Waals surface area contributed by atoms with E-state index < -0.39 is 17.2 Å². The number of hydrogen-bond acceptors (Lipinski definition) is 4. The van der Waals surface area contributed by atoms with Gasteiger partial charge in [-0.25, -0.2) is 18.7 Å². The summed E-state index contributed by atoms with van der Waals surface area (Å²) in [6, 6.07) is 9.01. The number of nitrogens with zero attached hydrogens (tertiary/aromatic N) is 4. The summed E-state index contributed by atoms with van der Waals surface area (Å²) >= 11 is 0. The Morgan fingerprint density at radius 3 is 2.38 bits per heavy atom. The summed E-state index contributed by atoms with van der Waals surface area (Å²) in [5.41, 5.74) is 0.747. The minimum absolute atomic E-state index is 0.199.